The lowest BCUT2D eigenvalue weighted by Crippen LogP contribution is -2.45. The quantitative estimate of drug-likeness (QED) is 0.158. The van der Waals surface area contributed by atoms with Crippen LogP contribution in [0.2, 0.25) is 0 Å². The Kier molecular flexibility index (Phi) is 12.1. The summed E-state index contributed by atoms with van der Waals surface area (Å²) in [6, 6.07) is 13.3. The van der Waals surface area contributed by atoms with Crippen molar-refractivity contribution in [2.45, 2.75) is 49.3 Å². The summed E-state index contributed by atoms with van der Waals surface area (Å²) in [6.07, 6.45) is -4.14. The predicted molar refractivity (Wildman–Crippen MR) is 158 cm³/mol. The molecular weight excluding hydrogens is 638 g/mol. The highest BCUT2D eigenvalue weighted by atomic mass is 32.2. The lowest BCUT2D eigenvalue weighted by atomic mass is 10.0. The fraction of sp³-hybridized carbons (Fsp3) is 0.355. The van der Waals surface area contributed by atoms with E-state index in [0.29, 0.717) is 12.0 Å². The predicted octanol–water partition coefficient (Wildman–Crippen LogP) is 5.17. The number of carbonyl (C=O) groups excluding carboxylic acids is 1. The van der Waals surface area contributed by atoms with E-state index in [1.807, 2.05) is 13.8 Å². The molecule has 0 aliphatic carbocycles. The van der Waals surface area contributed by atoms with Gasteiger partial charge in [0.1, 0.15) is 22.9 Å². The number of carboxylic acids is 1. The smallest absolute Gasteiger partial charge is 0.490 e. The molecule has 3 aromatic carbocycles. The molecule has 1 saturated heterocycles. The lowest BCUT2D eigenvalue weighted by Gasteiger charge is -2.35. The highest BCUT2D eigenvalue weighted by molar-refractivity contribution is 7.90. The number of aliphatic carboxylic acids is 1. The highest BCUT2D eigenvalue weighted by Gasteiger charge is 2.38. The van der Waals surface area contributed by atoms with Crippen LogP contribution in [0.25, 0.3) is 11.1 Å². The molecule has 10 nitrogen and oxygen atoms in total. The number of rotatable bonds is 9. The van der Waals surface area contributed by atoms with Crippen LogP contribution in [0.1, 0.15) is 36.2 Å². The molecule has 0 saturated carbocycles. The molecule has 4 rings (SSSR count). The molecule has 3 N–H and O–H groups in total. The van der Waals surface area contributed by atoms with E-state index in [9.17, 15) is 41.0 Å². The highest BCUT2D eigenvalue weighted by Crippen LogP contribution is 2.32. The summed E-state index contributed by atoms with van der Waals surface area (Å²) in [4.78, 5) is 23.6. The van der Waals surface area contributed by atoms with Crippen molar-refractivity contribution in [3.8, 4) is 22.6 Å². The van der Waals surface area contributed by atoms with E-state index in [4.69, 9.17) is 19.4 Å². The molecule has 250 valence electrons. The van der Waals surface area contributed by atoms with E-state index < -0.39 is 39.5 Å². The number of phenols is 2. The van der Waals surface area contributed by atoms with Gasteiger partial charge in [-0.1, -0.05) is 18.2 Å². The van der Waals surface area contributed by atoms with Crippen LogP contribution in [0, 0.1) is 5.82 Å². The maximum atomic E-state index is 13.7. The second kappa shape index (κ2) is 15.4. The standard InChI is InChI=1S/C29H32FNO7S.C2HF3O2/c1-19-16-31(17-20(2)38-19)11-4-12-37-29(34)25-9-7-21(13-28(25)33)18-39(35,36)24-6-3-5-22(14-24)26-15-23(30)8-10-27(26)32;3-2(4,5)1(6)7/h3,5-10,13-15,19-20,32-33H,4,11-12,16-18H2,1-2H3;(H,6,7). The van der Waals surface area contributed by atoms with E-state index in [1.165, 1.54) is 42.5 Å². The van der Waals surface area contributed by atoms with Gasteiger partial charge in [-0.2, -0.15) is 13.2 Å². The number of sulfone groups is 1. The largest absolute Gasteiger partial charge is 0.507 e. The molecule has 0 amide bonds. The second-order valence-corrected chi connectivity index (χ2v) is 12.6. The Morgan fingerprint density at radius 2 is 1.63 bits per heavy atom. The van der Waals surface area contributed by atoms with Crippen molar-refractivity contribution in [2.24, 2.45) is 0 Å². The Balaban J connectivity index is 0.000000738. The van der Waals surface area contributed by atoms with E-state index in [1.54, 1.807) is 6.07 Å². The number of benzene rings is 3. The normalized spacial score (nSPS) is 17.1. The first kappa shape index (κ1) is 36.3. The van der Waals surface area contributed by atoms with Crippen molar-refractivity contribution in [2.75, 3.05) is 26.2 Å². The fourth-order valence-corrected chi connectivity index (χ4v) is 6.11. The molecule has 0 bridgehead atoms. The van der Waals surface area contributed by atoms with Crippen molar-refractivity contribution in [1.29, 1.82) is 0 Å². The Hall–Kier alpha value is -4.21. The van der Waals surface area contributed by atoms with Gasteiger partial charge in [0.25, 0.3) is 0 Å². The number of nitrogens with zero attached hydrogens (tertiary/aromatic N) is 1. The lowest BCUT2D eigenvalue weighted by molar-refractivity contribution is -0.192. The van der Waals surface area contributed by atoms with Gasteiger partial charge in [0.2, 0.25) is 0 Å². The minimum Gasteiger partial charge on any atom is -0.507 e. The summed E-state index contributed by atoms with van der Waals surface area (Å²) >= 11 is 0. The van der Waals surface area contributed by atoms with Gasteiger partial charge in [0, 0.05) is 25.2 Å². The van der Waals surface area contributed by atoms with Gasteiger partial charge in [-0.15, -0.1) is 0 Å². The average molecular weight is 672 g/mol. The number of aromatic hydroxyl groups is 2. The Morgan fingerprint density at radius 3 is 2.24 bits per heavy atom. The number of esters is 1. The number of hydrogen-bond acceptors (Lipinski definition) is 9. The summed E-state index contributed by atoms with van der Waals surface area (Å²) in [5, 5.41) is 27.6. The minimum absolute atomic E-state index is 0.0318. The number of phenolic OH excluding ortho intramolecular Hbond substituents is 2. The van der Waals surface area contributed by atoms with Crippen molar-refractivity contribution >= 4 is 21.8 Å². The van der Waals surface area contributed by atoms with Crippen LogP contribution >= 0.6 is 0 Å². The molecule has 1 fully saturated rings. The molecule has 46 heavy (non-hydrogen) atoms. The molecule has 0 aromatic heterocycles. The van der Waals surface area contributed by atoms with E-state index in [0.717, 1.165) is 31.8 Å². The van der Waals surface area contributed by atoms with Gasteiger partial charge in [-0.3, -0.25) is 4.90 Å². The van der Waals surface area contributed by atoms with Crippen molar-refractivity contribution in [3.05, 3.63) is 77.6 Å². The number of halogens is 4. The topological polar surface area (TPSA) is 151 Å². The van der Waals surface area contributed by atoms with Crippen LogP contribution in [0.5, 0.6) is 11.5 Å². The Morgan fingerprint density at radius 1 is 0.978 bits per heavy atom. The number of carboxylic acid groups (broad SMARTS) is 1. The maximum Gasteiger partial charge on any atom is 0.490 e. The van der Waals surface area contributed by atoms with E-state index in [2.05, 4.69) is 4.90 Å². The van der Waals surface area contributed by atoms with Crippen molar-refractivity contribution in [3.63, 3.8) is 0 Å². The Labute approximate surface area is 262 Å². The van der Waals surface area contributed by atoms with Crippen LogP contribution in [-0.4, -0.2) is 85.2 Å². The molecule has 0 radical (unpaired) electrons. The van der Waals surface area contributed by atoms with Crippen LogP contribution in [0.15, 0.2) is 65.6 Å². The van der Waals surface area contributed by atoms with Gasteiger partial charge >= 0.3 is 18.1 Å². The van der Waals surface area contributed by atoms with Crippen LogP contribution in [0.3, 0.4) is 0 Å². The number of hydrogen-bond donors (Lipinski definition) is 3. The molecule has 0 spiro atoms. The minimum atomic E-state index is -5.08. The monoisotopic (exact) mass is 671 g/mol. The van der Waals surface area contributed by atoms with Crippen molar-refractivity contribution in [1.82, 2.24) is 4.90 Å². The summed E-state index contributed by atoms with van der Waals surface area (Å²) in [5.41, 5.74) is 0.736. The second-order valence-electron chi connectivity index (χ2n) is 10.6. The first-order valence-electron chi connectivity index (χ1n) is 13.9. The third-order valence-corrected chi connectivity index (χ3v) is 8.38. The van der Waals surface area contributed by atoms with Crippen LogP contribution in [0.4, 0.5) is 17.6 Å². The zero-order valence-corrected chi connectivity index (χ0v) is 25.6. The summed E-state index contributed by atoms with van der Waals surface area (Å²) in [7, 11) is -3.87. The third-order valence-electron chi connectivity index (χ3n) is 6.69. The van der Waals surface area contributed by atoms with Gasteiger partial charge in [0.15, 0.2) is 9.84 Å². The van der Waals surface area contributed by atoms with Crippen LogP contribution in [-0.2, 0) is 29.9 Å². The van der Waals surface area contributed by atoms with Crippen LogP contribution < -0.4 is 0 Å². The molecule has 1 heterocycles. The van der Waals surface area contributed by atoms with Crippen molar-refractivity contribution < 1.29 is 60.4 Å². The molecule has 15 heteroatoms. The zero-order chi connectivity index (χ0) is 34.2. The fourth-order valence-electron chi connectivity index (χ4n) is 4.74. The third kappa shape index (κ3) is 10.4. The molecular formula is C31H33F4NO9S. The number of alkyl halides is 3. The SMILES string of the molecule is CC1CN(CCCOC(=O)c2ccc(CS(=O)(=O)c3cccc(-c4cc(F)ccc4O)c3)cc2O)CC(C)O1.O=C(O)C(F)(F)F. The Bertz CT molecular complexity index is 1640. The molecule has 2 unspecified atom stereocenters. The molecule has 3 aromatic rings. The maximum absolute atomic E-state index is 13.7. The number of morpholine rings is 1. The van der Waals surface area contributed by atoms with Gasteiger partial charge < -0.3 is 24.8 Å². The molecule has 2 atom stereocenters. The van der Waals surface area contributed by atoms with Gasteiger partial charge in [-0.25, -0.2) is 22.4 Å². The zero-order valence-electron chi connectivity index (χ0n) is 24.8. The van der Waals surface area contributed by atoms with E-state index >= 15 is 0 Å². The molecule has 1 aliphatic heterocycles. The van der Waals surface area contributed by atoms with Gasteiger partial charge in [-0.05, 0) is 73.9 Å². The van der Waals surface area contributed by atoms with E-state index in [-0.39, 0.29) is 51.9 Å². The number of ether oxygens (including phenoxy) is 2. The summed E-state index contributed by atoms with van der Waals surface area (Å²) in [6.45, 7) is 6.63. The first-order valence-corrected chi connectivity index (χ1v) is 15.6. The number of carbonyl (C=O) groups is 2. The molecule has 1 aliphatic rings. The average Bonchev–Trinajstić information content (AvgIpc) is 2.96. The first-order chi connectivity index (χ1) is 21.5. The van der Waals surface area contributed by atoms with Gasteiger partial charge in [0.05, 0.1) is 29.5 Å². The summed E-state index contributed by atoms with van der Waals surface area (Å²) < 4.78 is 82.6. The summed E-state index contributed by atoms with van der Waals surface area (Å²) in [5.74, 6) is -5.00.